The van der Waals surface area contributed by atoms with Gasteiger partial charge in [-0.15, -0.1) is 0 Å². The van der Waals surface area contributed by atoms with Crippen molar-refractivity contribution in [3.05, 3.63) is 18.1 Å². The summed E-state index contributed by atoms with van der Waals surface area (Å²) in [6, 6.07) is 0.636. The Morgan fingerprint density at radius 2 is 1.90 bits per heavy atom. The van der Waals surface area contributed by atoms with Crippen LogP contribution in [0.5, 0.6) is 0 Å². The molecule has 108 valence electrons. The van der Waals surface area contributed by atoms with Crippen molar-refractivity contribution in [2.45, 2.75) is 31.7 Å². The van der Waals surface area contributed by atoms with Gasteiger partial charge in [0.25, 0.3) is 0 Å². The Labute approximate surface area is 125 Å². The molecule has 2 fully saturated rings. The zero-order valence-corrected chi connectivity index (χ0v) is 12.5. The number of rotatable bonds is 3. The molecule has 0 radical (unpaired) electrons. The van der Waals surface area contributed by atoms with Gasteiger partial charge in [-0.3, -0.25) is 4.90 Å². The fourth-order valence-electron chi connectivity index (χ4n) is 3.25. The van der Waals surface area contributed by atoms with E-state index in [4.69, 9.17) is 18.0 Å². The molecule has 0 aliphatic carbocycles. The molecule has 0 spiro atoms. The summed E-state index contributed by atoms with van der Waals surface area (Å²) in [4.78, 5) is 13.9. The van der Waals surface area contributed by atoms with Gasteiger partial charge in [0.1, 0.15) is 10.7 Å². The predicted octanol–water partition coefficient (Wildman–Crippen LogP) is 1.18. The van der Waals surface area contributed by atoms with Crippen molar-refractivity contribution in [3.63, 3.8) is 0 Å². The number of hydrogen-bond donors (Lipinski definition) is 1. The number of thiocarbonyl (C=S) groups is 1. The van der Waals surface area contributed by atoms with E-state index in [1.54, 1.807) is 12.4 Å². The molecule has 0 bridgehead atoms. The Hall–Kier alpha value is -1.27. The first-order valence-electron chi connectivity index (χ1n) is 7.35. The van der Waals surface area contributed by atoms with Crippen LogP contribution in [0.4, 0.5) is 5.82 Å². The van der Waals surface area contributed by atoms with Gasteiger partial charge in [-0.05, 0) is 32.4 Å². The minimum atomic E-state index is 0.328. The lowest BCUT2D eigenvalue weighted by atomic mass is 10.1. The van der Waals surface area contributed by atoms with Crippen LogP contribution in [-0.4, -0.2) is 52.1 Å². The number of hydrogen-bond acceptors (Lipinski definition) is 5. The van der Waals surface area contributed by atoms with Gasteiger partial charge in [0.15, 0.2) is 5.82 Å². The number of anilines is 1. The maximum atomic E-state index is 5.75. The molecular formula is C14H21N5S. The summed E-state index contributed by atoms with van der Waals surface area (Å²) < 4.78 is 0. The van der Waals surface area contributed by atoms with Crippen LogP contribution >= 0.6 is 12.2 Å². The average Bonchev–Trinajstić information content (AvgIpc) is 2.98. The standard InChI is InChI=1S/C14H21N5S/c15-13(20)12-14(17-6-5-16-12)19-9-4-11(10-19)18-7-2-1-3-8-18/h5-6,11H,1-4,7-10H2,(H2,15,20). The molecule has 3 heterocycles. The first kappa shape index (κ1) is 13.7. The van der Waals surface area contributed by atoms with E-state index in [9.17, 15) is 0 Å². The highest BCUT2D eigenvalue weighted by Crippen LogP contribution is 2.25. The quantitative estimate of drug-likeness (QED) is 0.844. The van der Waals surface area contributed by atoms with Gasteiger partial charge < -0.3 is 10.6 Å². The van der Waals surface area contributed by atoms with Gasteiger partial charge in [0, 0.05) is 31.5 Å². The molecule has 0 amide bonds. The Kier molecular flexibility index (Phi) is 4.12. The van der Waals surface area contributed by atoms with E-state index in [1.807, 2.05) is 0 Å². The SMILES string of the molecule is NC(=S)c1nccnc1N1CCC(N2CCCCC2)C1. The van der Waals surface area contributed by atoms with Crippen LogP contribution in [0.3, 0.4) is 0 Å². The minimum Gasteiger partial charge on any atom is -0.388 e. The Morgan fingerprint density at radius 3 is 2.65 bits per heavy atom. The summed E-state index contributed by atoms with van der Waals surface area (Å²) in [6.45, 7) is 4.49. The van der Waals surface area contributed by atoms with Gasteiger partial charge in [-0.2, -0.15) is 0 Å². The van der Waals surface area contributed by atoms with Crippen molar-refractivity contribution < 1.29 is 0 Å². The summed E-state index contributed by atoms with van der Waals surface area (Å²) in [5.41, 5.74) is 6.41. The molecular weight excluding hydrogens is 270 g/mol. The monoisotopic (exact) mass is 291 g/mol. The third-order valence-corrected chi connectivity index (χ3v) is 4.48. The molecule has 2 N–H and O–H groups in total. The highest BCUT2D eigenvalue weighted by Gasteiger charge is 2.30. The zero-order chi connectivity index (χ0) is 13.9. The zero-order valence-electron chi connectivity index (χ0n) is 11.7. The molecule has 6 heteroatoms. The molecule has 3 rings (SSSR count). The van der Waals surface area contributed by atoms with Crippen LogP contribution in [0.15, 0.2) is 12.4 Å². The van der Waals surface area contributed by atoms with E-state index < -0.39 is 0 Å². The third-order valence-electron chi connectivity index (χ3n) is 4.28. The first-order valence-corrected chi connectivity index (χ1v) is 7.76. The molecule has 5 nitrogen and oxygen atoms in total. The van der Waals surface area contributed by atoms with Crippen molar-refractivity contribution in [2.75, 3.05) is 31.1 Å². The number of piperidine rings is 1. The number of likely N-dealkylation sites (tertiary alicyclic amines) is 1. The van der Waals surface area contributed by atoms with E-state index in [-0.39, 0.29) is 0 Å². The Bertz CT molecular complexity index is 486. The van der Waals surface area contributed by atoms with Crippen LogP contribution in [0.2, 0.25) is 0 Å². The first-order chi connectivity index (χ1) is 9.75. The maximum Gasteiger partial charge on any atom is 0.157 e. The predicted molar refractivity (Wildman–Crippen MR) is 84.0 cm³/mol. The lowest BCUT2D eigenvalue weighted by molar-refractivity contribution is 0.175. The van der Waals surface area contributed by atoms with E-state index >= 15 is 0 Å². The highest BCUT2D eigenvalue weighted by molar-refractivity contribution is 7.80. The molecule has 0 saturated carbocycles. The Morgan fingerprint density at radius 1 is 1.15 bits per heavy atom. The second-order valence-corrected chi connectivity index (χ2v) is 6.02. The van der Waals surface area contributed by atoms with Gasteiger partial charge in [0.2, 0.25) is 0 Å². The lowest BCUT2D eigenvalue weighted by Crippen LogP contribution is -2.41. The van der Waals surface area contributed by atoms with E-state index in [0.29, 0.717) is 16.7 Å². The van der Waals surface area contributed by atoms with Gasteiger partial charge in [-0.25, -0.2) is 9.97 Å². The number of nitrogens with two attached hydrogens (primary N) is 1. The normalized spacial score (nSPS) is 24.0. The average molecular weight is 291 g/mol. The minimum absolute atomic E-state index is 0.328. The Balaban J connectivity index is 1.72. The van der Waals surface area contributed by atoms with E-state index in [2.05, 4.69) is 19.8 Å². The molecule has 2 saturated heterocycles. The topological polar surface area (TPSA) is 58.3 Å². The molecule has 0 aromatic carbocycles. The van der Waals surface area contributed by atoms with Crippen LogP contribution in [0.25, 0.3) is 0 Å². The second-order valence-electron chi connectivity index (χ2n) is 5.58. The van der Waals surface area contributed by atoms with Crippen molar-refractivity contribution >= 4 is 23.0 Å². The number of nitrogens with zero attached hydrogens (tertiary/aromatic N) is 4. The number of aromatic nitrogens is 2. The summed E-state index contributed by atoms with van der Waals surface area (Å²) in [5.74, 6) is 0.847. The van der Waals surface area contributed by atoms with Crippen LogP contribution in [0, 0.1) is 0 Å². The third kappa shape index (κ3) is 2.76. The van der Waals surface area contributed by atoms with Crippen molar-refractivity contribution in [3.8, 4) is 0 Å². The molecule has 20 heavy (non-hydrogen) atoms. The highest BCUT2D eigenvalue weighted by atomic mass is 32.1. The molecule has 1 unspecified atom stereocenters. The maximum absolute atomic E-state index is 5.75. The van der Waals surface area contributed by atoms with Crippen LogP contribution in [0.1, 0.15) is 31.4 Å². The summed E-state index contributed by atoms with van der Waals surface area (Å²) in [6.07, 6.45) is 8.59. The lowest BCUT2D eigenvalue weighted by Gasteiger charge is -2.32. The molecule has 2 aliphatic heterocycles. The molecule has 1 aromatic heterocycles. The summed E-state index contributed by atoms with van der Waals surface area (Å²) in [7, 11) is 0. The molecule has 2 aliphatic rings. The van der Waals surface area contributed by atoms with Crippen molar-refractivity contribution in [2.24, 2.45) is 5.73 Å². The second kappa shape index (κ2) is 6.01. The van der Waals surface area contributed by atoms with Crippen molar-refractivity contribution in [1.29, 1.82) is 0 Å². The van der Waals surface area contributed by atoms with Gasteiger partial charge in [0.05, 0.1) is 0 Å². The molecule has 1 atom stereocenters. The van der Waals surface area contributed by atoms with Crippen LogP contribution < -0.4 is 10.6 Å². The van der Waals surface area contributed by atoms with Gasteiger partial charge in [-0.1, -0.05) is 18.6 Å². The summed E-state index contributed by atoms with van der Waals surface area (Å²) in [5, 5.41) is 0. The van der Waals surface area contributed by atoms with E-state index in [0.717, 1.165) is 18.9 Å². The fourth-order valence-corrected chi connectivity index (χ4v) is 3.40. The van der Waals surface area contributed by atoms with Crippen LogP contribution in [-0.2, 0) is 0 Å². The van der Waals surface area contributed by atoms with E-state index in [1.165, 1.54) is 38.8 Å². The fraction of sp³-hybridized carbons (Fsp3) is 0.643. The smallest absolute Gasteiger partial charge is 0.157 e. The van der Waals surface area contributed by atoms with Crippen molar-refractivity contribution in [1.82, 2.24) is 14.9 Å². The largest absolute Gasteiger partial charge is 0.388 e. The molecule has 1 aromatic rings. The summed E-state index contributed by atoms with van der Waals surface area (Å²) >= 11 is 5.08. The van der Waals surface area contributed by atoms with Gasteiger partial charge >= 0.3 is 0 Å².